The van der Waals surface area contributed by atoms with E-state index < -0.39 is 0 Å². The number of aliphatic imine (C=N–C) groups is 1. The molecule has 1 aliphatic heterocycles. The summed E-state index contributed by atoms with van der Waals surface area (Å²) in [6.45, 7) is 12.7. The van der Waals surface area contributed by atoms with Crippen molar-refractivity contribution in [3.8, 4) is 5.75 Å². The van der Waals surface area contributed by atoms with E-state index >= 15 is 0 Å². The smallest absolute Gasteiger partial charge is 0.225 e. The summed E-state index contributed by atoms with van der Waals surface area (Å²) in [7, 11) is 1.81. The molecule has 2 aromatic rings. The van der Waals surface area contributed by atoms with Crippen LogP contribution in [-0.4, -0.2) is 73.2 Å². The van der Waals surface area contributed by atoms with Crippen molar-refractivity contribution in [2.75, 3.05) is 51.2 Å². The Hall–Kier alpha value is -2.14. The molecule has 8 nitrogen and oxygen atoms in total. The molecule has 2 N–H and O–H groups in total. The summed E-state index contributed by atoms with van der Waals surface area (Å²) < 4.78 is 6.12. The van der Waals surface area contributed by atoms with Gasteiger partial charge < -0.3 is 20.3 Å². The largest absolute Gasteiger partial charge is 0.490 e. The van der Waals surface area contributed by atoms with Crippen molar-refractivity contribution in [2.24, 2.45) is 4.99 Å². The second-order valence-corrected chi connectivity index (χ2v) is 8.18. The van der Waals surface area contributed by atoms with Gasteiger partial charge in [0.05, 0.1) is 6.10 Å². The molecule has 0 radical (unpaired) electrons. The molecule has 9 heteroatoms. The number of halogens is 1. The third-order valence-corrected chi connectivity index (χ3v) is 5.72. The van der Waals surface area contributed by atoms with Crippen molar-refractivity contribution in [3.05, 3.63) is 47.8 Å². The third-order valence-electron chi connectivity index (χ3n) is 5.72. The van der Waals surface area contributed by atoms with Crippen molar-refractivity contribution in [3.63, 3.8) is 0 Å². The molecule has 1 atom stereocenters. The number of anilines is 1. The summed E-state index contributed by atoms with van der Waals surface area (Å²) in [5.41, 5.74) is 2.34. The van der Waals surface area contributed by atoms with Crippen LogP contribution in [0, 0.1) is 6.92 Å². The van der Waals surface area contributed by atoms with Gasteiger partial charge in [-0.3, -0.25) is 9.89 Å². The Morgan fingerprint density at radius 1 is 1.15 bits per heavy atom. The number of guanidine groups is 1. The predicted octanol–water partition coefficient (Wildman–Crippen LogP) is 3.07. The van der Waals surface area contributed by atoms with E-state index in [4.69, 9.17) is 4.74 Å². The van der Waals surface area contributed by atoms with Crippen LogP contribution in [0.25, 0.3) is 0 Å². The molecule has 0 spiro atoms. The van der Waals surface area contributed by atoms with Crippen LogP contribution in [0.2, 0.25) is 0 Å². The second-order valence-electron chi connectivity index (χ2n) is 8.18. The highest BCUT2D eigenvalue weighted by molar-refractivity contribution is 14.0. The Morgan fingerprint density at radius 3 is 2.55 bits per heavy atom. The minimum atomic E-state index is 0. The summed E-state index contributed by atoms with van der Waals surface area (Å²) in [6, 6.07) is 8.21. The van der Waals surface area contributed by atoms with E-state index in [1.54, 1.807) is 19.4 Å². The van der Waals surface area contributed by atoms with E-state index in [0.717, 1.165) is 68.9 Å². The van der Waals surface area contributed by atoms with E-state index in [1.165, 1.54) is 5.56 Å². The van der Waals surface area contributed by atoms with Gasteiger partial charge in [0.1, 0.15) is 5.75 Å². The Balaban J connectivity index is 0.00000385. The molecule has 1 aliphatic rings. The molecule has 1 aromatic heterocycles. The predicted molar refractivity (Wildman–Crippen MR) is 146 cm³/mol. The molecule has 1 fully saturated rings. The number of hydrogen-bond acceptors (Lipinski definition) is 6. The van der Waals surface area contributed by atoms with E-state index in [2.05, 4.69) is 74.4 Å². The number of aryl methyl sites for hydroxylation is 1. The van der Waals surface area contributed by atoms with Gasteiger partial charge in [-0.25, -0.2) is 9.97 Å². The fourth-order valence-electron chi connectivity index (χ4n) is 3.58. The Bertz CT molecular complexity index is 857. The van der Waals surface area contributed by atoms with Gasteiger partial charge in [-0.2, -0.15) is 0 Å². The van der Waals surface area contributed by atoms with Crippen molar-refractivity contribution in [2.45, 2.75) is 39.8 Å². The highest BCUT2D eigenvalue weighted by Crippen LogP contribution is 2.22. The maximum absolute atomic E-state index is 6.12. The van der Waals surface area contributed by atoms with Gasteiger partial charge >= 0.3 is 0 Å². The van der Waals surface area contributed by atoms with Crippen LogP contribution in [0.1, 0.15) is 31.4 Å². The highest BCUT2D eigenvalue weighted by atomic mass is 127. The maximum atomic E-state index is 6.12. The van der Waals surface area contributed by atoms with Crippen LogP contribution in [0.4, 0.5) is 5.95 Å². The van der Waals surface area contributed by atoms with E-state index in [9.17, 15) is 0 Å². The normalized spacial score (nSPS) is 15.5. The summed E-state index contributed by atoms with van der Waals surface area (Å²) in [5.74, 6) is 2.57. The molecule has 1 saturated heterocycles. The van der Waals surface area contributed by atoms with Gasteiger partial charge in [0, 0.05) is 70.8 Å². The Kier molecular flexibility index (Phi) is 11.7. The third kappa shape index (κ3) is 8.62. The second kappa shape index (κ2) is 14.2. The van der Waals surface area contributed by atoms with E-state index in [0.29, 0.717) is 6.54 Å². The first-order valence-electron chi connectivity index (χ1n) is 11.5. The number of benzene rings is 1. The van der Waals surface area contributed by atoms with Crippen molar-refractivity contribution >= 4 is 35.9 Å². The zero-order chi connectivity index (χ0) is 22.8. The molecule has 1 unspecified atom stereocenters. The number of aromatic nitrogens is 2. The van der Waals surface area contributed by atoms with Crippen LogP contribution in [0.3, 0.4) is 0 Å². The zero-order valence-electron chi connectivity index (χ0n) is 20.3. The van der Waals surface area contributed by atoms with E-state index in [-0.39, 0.29) is 30.1 Å². The average molecular weight is 568 g/mol. The van der Waals surface area contributed by atoms with Crippen LogP contribution >= 0.6 is 24.0 Å². The Labute approximate surface area is 215 Å². The molecule has 1 aromatic carbocycles. The maximum Gasteiger partial charge on any atom is 0.225 e. The molecule has 0 amide bonds. The quantitative estimate of drug-likeness (QED) is 0.274. The van der Waals surface area contributed by atoms with E-state index in [1.807, 2.05) is 6.07 Å². The lowest BCUT2D eigenvalue weighted by molar-refractivity contribution is 0.215. The molecular formula is C24H38IN7O. The number of ether oxygens (including phenoxy) is 1. The molecule has 0 saturated carbocycles. The fraction of sp³-hybridized carbons (Fsp3) is 0.542. The van der Waals surface area contributed by atoms with Crippen LogP contribution in [0.15, 0.2) is 41.7 Å². The lowest BCUT2D eigenvalue weighted by Gasteiger charge is -2.34. The number of nitrogens with one attached hydrogen (secondary N) is 2. The monoisotopic (exact) mass is 567 g/mol. The van der Waals surface area contributed by atoms with Crippen molar-refractivity contribution in [1.82, 2.24) is 25.5 Å². The van der Waals surface area contributed by atoms with Crippen LogP contribution in [0.5, 0.6) is 5.75 Å². The van der Waals surface area contributed by atoms with Crippen LogP contribution in [-0.2, 0) is 6.54 Å². The number of piperazine rings is 1. The van der Waals surface area contributed by atoms with Gasteiger partial charge in [0.2, 0.25) is 5.95 Å². The van der Waals surface area contributed by atoms with Gasteiger partial charge in [0.25, 0.3) is 0 Å². The first-order chi connectivity index (χ1) is 15.6. The number of hydrogen-bond donors (Lipinski definition) is 2. The van der Waals surface area contributed by atoms with Gasteiger partial charge in [-0.15, -0.1) is 24.0 Å². The summed E-state index contributed by atoms with van der Waals surface area (Å²) >= 11 is 0. The van der Waals surface area contributed by atoms with Gasteiger partial charge in [0.15, 0.2) is 5.96 Å². The Morgan fingerprint density at radius 2 is 1.88 bits per heavy atom. The first-order valence-corrected chi connectivity index (χ1v) is 11.5. The zero-order valence-corrected chi connectivity index (χ0v) is 22.6. The molecule has 0 bridgehead atoms. The molecule has 182 valence electrons. The lowest BCUT2D eigenvalue weighted by Crippen LogP contribution is -2.49. The minimum Gasteiger partial charge on any atom is -0.490 e. The van der Waals surface area contributed by atoms with Gasteiger partial charge in [-0.1, -0.05) is 19.1 Å². The average Bonchev–Trinajstić information content (AvgIpc) is 2.83. The lowest BCUT2D eigenvalue weighted by atomic mass is 10.1. The fourth-order valence-corrected chi connectivity index (χ4v) is 3.58. The molecular weight excluding hydrogens is 529 g/mol. The number of nitrogens with zero attached hydrogens (tertiary/aromatic N) is 5. The highest BCUT2D eigenvalue weighted by Gasteiger charge is 2.18. The summed E-state index contributed by atoms with van der Waals surface area (Å²) in [5, 5.41) is 6.85. The molecule has 3 rings (SSSR count). The molecule has 33 heavy (non-hydrogen) atoms. The number of rotatable bonds is 9. The minimum absolute atomic E-state index is 0. The van der Waals surface area contributed by atoms with Crippen molar-refractivity contribution < 1.29 is 4.74 Å². The van der Waals surface area contributed by atoms with Crippen LogP contribution < -0.4 is 20.3 Å². The standard InChI is InChI=1S/C24H37N7O.HI/c1-5-20(3)32-22-17-19(2)7-8-21(22)18-29-23(25-4)26-11-12-30-13-15-31(16-14-30)24-27-9-6-10-28-24;/h6-10,17,20H,5,11-16,18H2,1-4H3,(H2,25,26,29);1H. The summed E-state index contributed by atoms with van der Waals surface area (Å²) in [6.07, 6.45) is 4.78. The first kappa shape index (κ1) is 27.1. The van der Waals surface area contributed by atoms with Gasteiger partial charge in [-0.05, 0) is 38.0 Å². The molecule has 0 aliphatic carbocycles. The SMILES string of the molecule is CCC(C)Oc1cc(C)ccc1CNC(=NC)NCCN1CCN(c2ncccn2)CC1.I. The summed E-state index contributed by atoms with van der Waals surface area (Å²) in [4.78, 5) is 17.8. The van der Waals surface area contributed by atoms with Crippen molar-refractivity contribution in [1.29, 1.82) is 0 Å². The topological polar surface area (TPSA) is 77.9 Å². The molecule has 2 heterocycles.